The van der Waals surface area contributed by atoms with Crippen molar-refractivity contribution in [1.82, 2.24) is 5.32 Å². The molecule has 0 aromatic heterocycles. The molecule has 1 nitrogen and oxygen atoms in total. The van der Waals surface area contributed by atoms with Crippen molar-refractivity contribution in [2.24, 2.45) is 22.2 Å². The summed E-state index contributed by atoms with van der Waals surface area (Å²) in [4.78, 5) is 0. The molecule has 1 N–H and O–H groups in total. The van der Waals surface area contributed by atoms with E-state index in [1.165, 1.54) is 0 Å². The van der Waals surface area contributed by atoms with E-state index in [0.29, 0.717) is 17.4 Å². The van der Waals surface area contributed by atoms with Crippen LogP contribution in [0.1, 0.15) is 62.3 Å². The van der Waals surface area contributed by atoms with Gasteiger partial charge < -0.3 is 5.32 Å². The van der Waals surface area contributed by atoms with Crippen LogP contribution < -0.4 is 5.32 Å². The molecular weight excluding hydrogens is 194 g/mol. The van der Waals surface area contributed by atoms with Crippen molar-refractivity contribution in [3.05, 3.63) is 0 Å². The SMILES string of the molecule is CNC(C)C(C)(C)C(C)(C)C(C)(C)C(C)C. The second-order valence-electron chi connectivity index (χ2n) is 7.23. The summed E-state index contributed by atoms with van der Waals surface area (Å²) < 4.78 is 0. The molecule has 0 saturated carbocycles. The van der Waals surface area contributed by atoms with Gasteiger partial charge in [0.2, 0.25) is 0 Å². The van der Waals surface area contributed by atoms with Crippen molar-refractivity contribution in [3.8, 4) is 0 Å². The average Bonchev–Trinajstić information content (AvgIpc) is 2.15. The highest BCUT2D eigenvalue weighted by Crippen LogP contribution is 2.55. The van der Waals surface area contributed by atoms with Crippen molar-refractivity contribution in [1.29, 1.82) is 0 Å². The van der Waals surface area contributed by atoms with Crippen LogP contribution in [0.5, 0.6) is 0 Å². The molecule has 0 aliphatic carbocycles. The van der Waals surface area contributed by atoms with Crippen molar-refractivity contribution < 1.29 is 0 Å². The van der Waals surface area contributed by atoms with Gasteiger partial charge in [-0.25, -0.2) is 0 Å². The second kappa shape index (κ2) is 4.68. The first-order valence-electron chi connectivity index (χ1n) is 6.60. The minimum absolute atomic E-state index is 0.259. The van der Waals surface area contributed by atoms with Gasteiger partial charge in [-0.15, -0.1) is 0 Å². The van der Waals surface area contributed by atoms with Gasteiger partial charge in [0.05, 0.1) is 0 Å². The summed E-state index contributed by atoms with van der Waals surface area (Å²) in [6.07, 6.45) is 0. The van der Waals surface area contributed by atoms with E-state index in [9.17, 15) is 0 Å². The van der Waals surface area contributed by atoms with Gasteiger partial charge in [-0.05, 0) is 36.1 Å². The number of hydrogen-bond donors (Lipinski definition) is 1. The van der Waals surface area contributed by atoms with E-state index in [0.717, 1.165) is 0 Å². The fraction of sp³-hybridized carbons (Fsp3) is 1.00. The number of nitrogens with one attached hydrogen (secondary N) is 1. The van der Waals surface area contributed by atoms with Crippen LogP contribution in [-0.2, 0) is 0 Å². The highest BCUT2D eigenvalue weighted by Gasteiger charge is 2.50. The minimum Gasteiger partial charge on any atom is -0.317 e. The lowest BCUT2D eigenvalue weighted by atomic mass is 9.50. The van der Waals surface area contributed by atoms with Crippen LogP contribution in [0.25, 0.3) is 0 Å². The topological polar surface area (TPSA) is 12.0 Å². The summed E-state index contributed by atoms with van der Waals surface area (Å²) in [5, 5.41) is 3.42. The lowest BCUT2D eigenvalue weighted by Crippen LogP contribution is -2.54. The maximum absolute atomic E-state index is 3.42. The Labute approximate surface area is 103 Å². The molecule has 98 valence electrons. The van der Waals surface area contributed by atoms with Gasteiger partial charge in [0.15, 0.2) is 0 Å². The van der Waals surface area contributed by atoms with Crippen LogP contribution in [0.2, 0.25) is 0 Å². The van der Waals surface area contributed by atoms with Gasteiger partial charge in [-0.2, -0.15) is 0 Å². The van der Waals surface area contributed by atoms with Crippen molar-refractivity contribution in [3.63, 3.8) is 0 Å². The van der Waals surface area contributed by atoms with Gasteiger partial charge in [0.1, 0.15) is 0 Å². The van der Waals surface area contributed by atoms with E-state index in [2.05, 4.69) is 74.7 Å². The zero-order valence-electron chi connectivity index (χ0n) is 13.2. The molecule has 0 aromatic rings. The minimum atomic E-state index is 0.259. The Morgan fingerprint density at radius 3 is 1.38 bits per heavy atom. The molecule has 0 saturated heterocycles. The summed E-state index contributed by atoms with van der Waals surface area (Å²) in [6.45, 7) is 21.4. The van der Waals surface area contributed by atoms with E-state index in [1.807, 2.05) is 0 Å². The average molecular weight is 227 g/mol. The summed E-state index contributed by atoms with van der Waals surface area (Å²) in [5.74, 6) is 0.686. The van der Waals surface area contributed by atoms with Crippen LogP contribution in [-0.4, -0.2) is 13.1 Å². The third kappa shape index (κ3) is 2.30. The molecule has 0 fully saturated rings. The first kappa shape index (κ1) is 16.0. The fourth-order valence-electron chi connectivity index (χ4n) is 2.45. The van der Waals surface area contributed by atoms with E-state index in [4.69, 9.17) is 0 Å². The smallest absolute Gasteiger partial charge is 0.00922 e. The van der Waals surface area contributed by atoms with Crippen molar-refractivity contribution >= 4 is 0 Å². The lowest BCUT2D eigenvalue weighted by molar-refractivity contribution is -0.0643. The largest absolute Gasteiger partial charge is 0.317 e. The molecular formula is C15H33N. The molecule has 0 aliphatic heterocycles. The summed E-state index contributed by atoms with van der Waals surface area (Å²) in [6, 6.07) is 0.514. The first-order valence-corrected chi connectivity index (χ1v) is 6.60. The Morgan fingerprint density at radius 1 is 0.750 bits per heavy atom. The van der Waals surface area contributed by atoms with Gasteiger partial charge in [0, 0.05) is 6.04 Å². The maximum atomic E-state index is 3.42. The molecule has 0 aromatic carbocycles. The molecule has 1 unspecified atom stereocenters. The fourth-order valence-corrected chi connectivity index (χ4v) is 2.45. The molecule has 16 heavy (non-hydrogen) atoms. The molecule has 0 bridgehead atoms. The summed E-state index contributed by atoms with van der Waals surface area (Å²) >= 11 is 0. The molecule has 1 atom stereocenters. The highest BCUT2D eigenvalue weighted by atomic mass is 14.9. The summed E-state index contributed by atoms with van der Waals surface area (Å²) in [7, 11) is 2.06. The molecule has 0 aliphatic rings. The van der Waals surface area contributed by atoms with E-state index in [1.54, 1.807) is 0 Å². The van der Waals surface area contributed by atoms with E-state index < -0.39 is 0 Å². The Balaban J connectivity index is 5.34. The van der Waals surface area contributed by atoms with Crippen LogP contribution >= 0.6 is 0 Å². The molecule has 0 radical (unpaired) electrons. The molecule has 0 amide bonds. The van der Waals surface area contributed by atoms with Crippen molar-refractivity contribution in [2.75, 3.05) is 7.05 Å². The van der Waals surface area contributed by atoms with Gasteiger partial charge in [0.25, 0.3) is 0 Å². The molecule has 1 heteroatoms. The zero-order valence-corrected chi connectivity index (χ0v) is 13.2. The van der Waals surface area contributed by atoms with E-state index in [-0.39, 0.29) is 10.8 Å². The highest BCUT2D eigenvalue weighted by molar-refractivity contribution is 5.01. The Kier molecular flexibility index (Phi) is 4.67. The second-order valence-corrected chi connectivity index (χ2v) is 7.23. The maximum Gasteiger partial charge on any atom is 0.00922 e. The van der Waals surface area contributed by atoms with Crippen LogP contribution in [0.15, 0.2) is 0 Å². The predicted molar refractivity (Wildman–Crippen MR) is 74.7 cm³/mol. The third-order valence-electron chi connectivity index (χ3n) is 6.18. The molecule has 0 spiro atoms. The van der Waals surface area contributed by atoms with Gasteiger partial charge >= 0.3 is 0 Å². The first-order chi connectivity index (χ1) is 6.92. The molecule has 0 heterocycles. The van der Waals surface area contributed by atoms with Crippen molar-refractivity contribution in [2.45, 2.75) is 68.4 Å². The van der Waals surface area contributed by atoms with Crippen LogP contribution in [0.4, 0.5) is 0 Å². The number of rotatable bonds is 5. The lowest BCUT2D eigenvalue weighted by Gasteiger charge is -2.56. The van der Waals surface area contributed by atoms with Gasteiger partial charge in [-0.3, -0.25) is 0 Å². The van der Waals surface area contributed by atoms with Crippen LogP contribution in [0.3, 0.4) is 0 Å². The van der Waals surface area contributed by atoms with Crippen LogP contribution in [0, 0.1) is 22.2 Å². The monoisotopic (exact) mass is 227 g/mol. The number of hydrogen-bond acceptors (Lipinski definition) is 1. The third-order valence-corrected chi connectivity index (χ3v) is 6.18. The predicted octanol–water partition coefficient (Wildman–Crippen LogP) is 4.33. The molecule has 0 rings (SSSR count). The zero-order chi connectivity index (χ0) is 13.4. The normalized spacial score (nSPS) is 16.7. The Morgan fingerprint density at radius 2 is 1.12 bits per heavy atom. The Hall–Kier alpha value is -0.0400. The Bertz CT molecular complexity index is 224. The quantitative estimate of drug-likeness (QED) is 0.737. The summed E-state index contributed by atoms with van der Waals surface area (Å²) in [5.41, 5.74) is 0.855. The standard InChI is InChI=1S/C15H33N/c1-11(2)13(4,5)15(8,9)14(6,7)12(3)16-10/h11-12,16H,1-10H3. The van der Waals surface area contributed by atoms with Gasteiger partial charge in [-0.1, -0.05) is 55.4 Å². The van der Waals surface area contributed by atoms with E-state index >= 15 is 0 Å².